The van der Waals surface area contributed by atoms with E-state index in [1.165, 1.54) is 27.9 Å². The zero-order valence-corrected chi connectivity index (χ0v) is 65.4. The minimum absolute atomic E-state index is 0.0137. The molecule has 16 aliphatic carbocycles. The molecule has 1 aliphatic heterocycles. The molecule has 0 saturated heterocycles. The van der Waals surface area contributed by atoms with E-state index in [2.05, 4.69) is 61.7 Å². The Morgan fingerprint density at radius 1 is 0.459 bits per heavy atom. The van der Waals surface area contributed by atoms with Crippen LogP contribution in [0.5, 0.6) is 0 Å². The summed E-state index contributed by atoms with van der Waals surface area (Å²) in [6, 6.07) is 0. The van der Waals surface area contributed by atoms with Gasteiger partial charge in [0.05, 0.1) is 24.1 Å². The maximum absolute atomic E-state index is 13.6. The normalized spacial score (nSPS) is 46.1. The number of aromatic nitrogens is 2. The standard InChI is InChI=1S/C23H30N2O4.C23H29NO4.C22H30O4.C21H26O5/c1-21-9-13-11-24-25(3)17(13)8-14(21)4-5-15-16-6-7-23(29,19(28)12-26)22(16,2)10-18(27)20(15)21;1-21-10-13-6-8-24-17(13)9-14(21)3-4-15-16-5-7-23(28,19(27)12-25)22(16,2)11-18(26)20(15)21;1-13-6-8-20(2)14(10-13)4-5-15-16-7-9-22(26,18(25)12-23)21(16,3)11-17(24)19(15)20;1-19-7-5-13(23)9-12(19)3-4-14-15-6-8-21(26,17(25)11-22)20(15,2)10-16(24)18(14)19/h8,11,15-16,20,26,29H,4-7,9-10,12H2,1-3H3;6,9,15-16,20,25,28H,3-5,7-8,10-12H2,1-2H3;10,15-16,19,23,26H,1,4-9,11-12H2,2-3H3;5,7,9,14-15,18,22,26H,3-4,6,8,10-11H2,1-2H3/t2*15-,16-,20+,21-,22-,23-;15-,16-,19+,20-,21-,22-;14-,15-,18+,19-,20-,21-/m0000/s1. The number of allylic oxidation sites excluding steroid dienone is 11. The molecule has 1 aromatic heterocycles. The summed E-state index contributed by atoms with van der Waals surface area (Å²) in [5.74, 6) is -0.779. The smallest absolute Gasteiger partial charge is 0.190 e. The fraction of sp³-hybridized carbons (Fsp3) is 0.697. The third kappa shape index (κ3) is 10.8. The van der Waals surface area contributed by atoms with Gasteiger partial charge in [-0.2, -0.15) is 5.10 Å². The van der Waals surface area contributed by atoms with Crippen molar-refractivity contribution in [3.63, 3.8) is 0 Å². The van der Waals surface area contributed by atoms with Crippen LogP contribution in [0.25, 0.3) is 6.08 Å². The van der Waals surface area contributed by atoms with Crippen molar-refractivity contribution in [1.29, 1.82) is 0 Å². The fourth-order valence-corrected chi connectivity index (χ4v) is 28.9. The maximum atomic E-state index is 13.6. The molecule has 109 heavy (non-hydrogen) atoms. The third-order valence-corrected chi connectivity index (χ3v) is 34.6. The van der Waals surface area contributed by atoms with E-state index in [9.17, 15) is 84.0 Å². The molecule has 12 fully saturated rings. The van der Waals surface area contributed by atoms with Crippen LogP contribution in [-0.4, -0.2) is 164 Å². The molecular weight excluding hydrogens is 1380 g/mol. The number of hydrogen-bond donors (Lipinski definition) is 8. The molecule has 0 bridgehead atoms. The van der Waals surface area contributed by atoms with Crippen molar-refractivity contribution in [3.05, 3.63) is 93.9 Å². The first-order valence-electron chi connectivity index (χ1n) is 40.8. The first-order valence-corrected chi connectivity index (χ1v) is 40.8. The van der Waals surface area contributed by atoms with Crippen molar-refractivity contribution < 1.29 is 84.0 Å². The predicted molar refractivity (Wildman–Crippen MR) is 404 cm³/mol. The number of fused-ring (bicyclic) bond motifs is 22. The van der Waals surface area contributed by atoms with Gasteiger partial charge >= 0.3 is 0 Å². The average Bonchev–Trinajstić information content (AvgIpc) is 1.64. The number of aryl methyl sites for hydroxylation is 1. The first-order chi connectivity index (χ1) is 51.2. The number of aliphatic hydroxyl groups excluding tert-OH is 4. The van der Waals surface area contributed by atoms with Crippen LogP contribution in [0.2, 0.25) is 0 Å². The Labute approximate surface area is 639 Å². The number of aliphatic imine (C=N–C) groups is 1. The lowest BCUT2D eigenvalue weighted by Gasteiger charge is -2.58. The van der Waals surface area contributed by atoms with E-state index < -0.39 is 99.0 Å². The molecular formula is C89H115N3O17. The molecule has 2 heterocycles. The van der Waals surface area contributed by atoms with Crippen molar-refractivity contribution in [1.82, 2.24) is 9.78 Å². The van der Waals surface area contributed by atoms with Crippen molar-refractivity contribution in [2.75, 3.05) is 33.0 Å². The second kappa shape index (κ2) is 26.4. The Hall–Kier alpha value is -6.23. The van der Waals surface area contributed by atoms with E-state index in [0.717, 1.165) is 125 Å². The Morgan fingerprint density at radius 3 is 1.27 bits per heavy atom. The number of Topliss-reactive ketones (excluding diaryl/α,β-unsaturated/α-hetero) is 8. The van der Waals surface area contributed by atoms with Crippen molar-refractivity contribution in [2.24, 2.45) is 126 Å². The molecule has 8 N–H and O–H groups in total. The molecule has 20 nitrogen and oxygen atoms in total. The number of nitrogens with zero attached hydrogens (tertiary/aromatic N) is 3. The second-order valence-corrected chi connectivity index (χ2v) is 38.9. The van der Waals surface area contributed by atoms with Crippen LogP contribution in [0, 0.1) is 114 Å². The summed E-state index contributed by atoms with van der Waals surface area (Å²) in [6.45, 7) is 18.5. The second-order valence-electron chi connectivity index (χ2n) is 38.9. The van der Waals surface area contributed by atoms with Gasteiger partial charge in [-0.1, -0.05) is 108 Å². The predicted octanol–water partition coefficient (Wildman–Crippen LogP) is 9.23. The average molecular weight is 1500 g/mol. The molecule has 0 aromatic carbocycles. The van der Waals surface area contributed by atoms with Crippen LogP contribution in [-0.2, 0) is 56.6 Å². The molecule has 0 unspecified atom stereocenters. The highest BCUT2D eigenvalue weighted by atomic mass is 16.3. The highest BCUT2D eigenvalue weighted by molar-refractivity contribution is 6.11. The molecule has 0 spiro atoms. The summed E-state index contributed by atoms with van der Waals surface area (Å²) in [7, 11) is 1.96. The van der Waals surface area contributed by atoms with Gasteiger partial charge in [-0.05, 0) is 217 Å². The summed E-state index contributed by atoms with van der Waals surface area (Å²) in [5.41, 5.74) is 0.520. The van der Waals surface area contributed by atoms with Crippen LogP contribution in [0.3, 0.4) is 0 Å². The number of rotatable bonds is 8. The van der Waals surface area contributed by atoms with Gasteiger partial charge in [-0.15, -0.1) is 0 Å². The van der Waals surface area contributed by atoms with Crippen LogP contribution >= 0.6 is 0 Å². The number of aliphatic hydroxyl groups is 8. The maximum Gasteiger partial charge on any atom is 0.190 e. The van der Waals surface area contributed by atoms with E-state index in [4.69, 9.17) is 0 Å². The summed E-state index contributed by atoms with van der Waals surface area (Å²) < 4.78 is 1.91. The number of carbonyl (C=O) groups excluding carboxylic acids is 9. The summed E-state index contributed by atoms with van der Waals surface area (Å²) in [6.07, 6.45) is 31.8. The molecule has 588 valence electrons. The van der Waals surface area contributed by atoms with Gasteiger partial charge in [0.15, 0.2) is 28.9 Å². The topological polar surface area (TPSA) is 346 Å². The molecule has 0 radical (unpaired) electrons. The van der Waals surface area contributed by atoms with Crippen LogP contribution in [0.1, 0.15) is 214 Å². The Bertz CT molecular complexity index is 4390. The fourth-order valence-electron chi connectivity index (χ4n) is 28.9. The van der Waals surface area contributed by atoms with Gasteiger partial charge in [0.2, 0.25) is 0 Å². The van der Waals surface area contributed by atoms with Crippen LogP contribution < -0.4 is 0 Å². The van der Waals surface area contributed by atoms with Gasteiger partial charge in [0, 0.05) is 94.3 Å². The van der Waals surface area contributed by atoms with Crippen molar-refractivity contribution in [2.45, 2.75) is 232 Å². The quantitative estimate of drug-likeness (QED) is 0.120. The lowest BCUT2D eigenvalue weighted by atomic mass is 9.45. The zero-order valence-electron chi connectivity index (χ0n) is 65.4. The monoisotopic (exact) mass is 1500 g/mol. The number of hydrogen-bond acceptors (Lipinski definition) is 19. The van der Waals surface area contributed by atoms with Crippen LogP contribution in [0.4, 0.5) is 0 Å². The van der Waals surface area contributed by atoms with Gasteiger partial charge in [0.1, 0.15) is 72.0 Å². The highest BCUT2D eigenvalue weighted by Gasteiger charge is 2.73. The number of ketones is 9. The summed E-state index contributed by atoms with van der Waals surface area (Å²) in [5, 5.41) is 86.8. The third-order valence-electron chi connectivity index (χ3n) is 34.6. The Morgan fingerprint density at radius 2 is 0.835 bits per heavy atom. The largest absolute Gasteiger partial charge is 0.388 e. The minimum atomic E-state index is -1.62. The highest BCUT2D eigenvalue weighted by Crippen LogP contribution is 2.72. The van der Waals surface area contributed by atoms with Crippen molar-refractivity contribution >= 4 is 63.8 Å². The lowest BCUT2D eigenvalue weighted by Crippen LogP contribution is -2.61. The zero-order chi connectivity index (χ0) is 78.5. The summed E-state index contributed by atoms with van der Waals surface area (Å²) in [4.78, 5) is 120. The summed E-state index contributed by atoms with van der Waals surface area (Å²) >= 11 is 0. The van der Waals surface area contributed by atoms with Crippen LogP contribution in [0.15, 0.2) is 87.7 Å². The van der Waals surface area contributed by atoms with E-state index in [1.807, 2.05) is 58.6 Å². The molecule has 18 rings (SSSR count). The van der Waals surface area contributed by atoms with Crippen molar-refractivity contribution in [3.8, 4) is 0 Å². The molecule has 24 atom stereocenters. The lowest BCUT2D eigenvalue weighted by molar-refractivity contribution is -0.170. The van der Waals surface area contributed by atoms with Gasteiger partial charge in [-0.25, -0.2) is 0 Å². The Kier molecular flexibility index (Phi) is 18.9. The first kappa shape index (κ1) is 78.1. The van der Waals surface area contributed by atoms with Gasteiger partial charge < -0.3 is 40.9 Å². The minimum Gasteiger partial charge on any atom is -0.388 e. The molecule has 1 aromatic rings. The van der Waals surface area contributed by atoms with E-state index in [-0.39, 0.29) is 142 Å². The number of carbonyl (C=O) groups is 9. The molecule has 20 heteroatoms. The van der Waals surface area contributed by atoms with Gasteiger partial charge in [-0.3, -0.25) is 52.8 Å². The molecule has 17 aliphatic rings. The van der Waals surface area contributed by atoms with E-state index >= 15 is 0 Å². The van der Waals surface area contributed by atoms with Gasteiger partial charge in [0.25, 0.3) is 0 Å². The van der Waals surface area contributed by atoms with E-state index in [1.54, 1.807) is 12.2 Å². The Balaban J connectivity index is 0.000000116. The van der Waals surface area contributed by atoms with E-state index in [0.29, 0.717) is 32.1 Å². The molecule has 0 amide bonds. The SMILES string of the molecule is C=C1C=C2CC[C@@H]3[C@H](C(=O)C[C@@]4(C)[C@H]3CC[C@]4(O)C(=O)CO)[C@@]2(C)CC1.C[C@]12C=CC(=O)C=C1CC[C@@H]1[C@@H]2C(=O)C[C@@]2(C)[C@H]1CC[C@]2(O)C(=O)CO.C[C@]12CC3=CCN=C3C=C1CC[C@@H]1[C@@H]2C(=O)C[C@@]2(C)[C@H]1CC[C@]2(O)C(=O)CO.Cn1ncc2c1C=C1CC[C@@H]3[C@H](C(=O)C[C@@]4(C)[C@H]3CC[C@]4(O)C(=O)CO)[C@@]1(C)C2. The molecule has 12 saturated carbocycles.